The van der Waals surface area contributed by atoms with E-state index in [1.165, 1.54) is 11.3 Å². The van der Waals surface area contributed by atoms with Gasteiger partial charge in [0.05, 0.1) is 12.6 Å². The van der Waals surface area contributed by atoms with Gasteiger partial charge in [-0.25, -0.2) is 4.98 Å². The fraction of sp³-hybridized carbons (Fsp3) is 0.692. The molecule has 0 aromatic carbocycles. The van der Waals surface area contributed by atoms with Crippen LogP contribution in [0.15, 0.2) is 6.20 Å². The zero-order valence-electron chi connectivity index (χ0n) is 11.9. The number of aromatic nitrogens is 1. The van der Waals surface area contributed by atoms with Crippen molar-refractivity contribution in [2.75, 3.05) is 13.6 Å². The average Bonchev–Trinajstić information content (AvgIpc) is 2.86. The van der Waals surface area contributed by atoms with E-state index in [1.807, 2.05) is 13.2 Å². The molecule has 1 amide bonds. The third-order valence-electron chi connectivity index (χ3n) is 3.31. The molecule has 2 rings (SSSR count). The molecular weight excluding hydrogens is 317 g/mol. The first-order chi connectivity index (χ1) is 8.70. The number of thiazole rings is 1. The molecule has 20 heavy (non-hydrogen) atoms. The van der Waals surface area contributed by atoms with E-state index >= 15 is 0 Å². The number of hydrogen-bond acceptors (Lipinski definition) is 4. The number of amides is 1. The van der Waals surface area contributed by atoms with Gasteiger partial charge in [0.15, 0.2) is 0 Å². The van der Waals surface area contributed by atoms with Crippen molar-refractivity contribution >= 4 is 42.1 Å². The van der Waals surface area contributed by atoms with Gasteiger partial charge in [-0.2, -0.15) is 0 Å². The number of nitrogens with zero attached hydrogens (tertiary/aromatic N) is 2. The van der Waals surface area contributed by atoms with Crippen molar-refractivity contribution in [1.29, 1.82) is 0 Å². The number of rotatable bonds is 4. The predicted molar refractivity (Wildman–Crippen MR) is 88.1 cm³/mol. The summed E-state index contributed by atoms with van der Waals surface area (Å²) in [4.78, 5) is 19.7. The number of carbonyl (C=O) groups excluding carboxylic acids is 1. The fourth-order valence-corrected chi connectivity index (χ4v) is 3.11. The highest BCUT2D eigenvalue weighted by Gasteiger charge is 2.23. The Morgan fingerprint density at radius 2 is 2.25 bits per heavy atom. The first-order valence-electron chi connectivity index (χ1n) is 6.62. The average molecular weight is 340 g/mol. The minimum Gasteiger partial charge on any atom is -0.338 e. The molecule has 1 aliphatic rings. The van der Waals surface area contributed by atoms with Gasteiger partial charge in [0, 0.05) is 18.1 Å². The zero-order chi connectivity index (χ0) is 13.0. The highest BCUT2D eigenvalue weighted by molar-refractivity contribution is 7.11. The minimum absolute atomic E-state index is 0. The smallest absolute Gasteiger partial charge is 0.239 e. The van der Waals surface area contributed by atoms with Crippen LogP contribution in [0.2, 0.25) is 0 Å². The molecule has 0 bridgehead atoms. The first kappa shape index (κ1) is 19.6. The molecular formula is C13H23Cl2N3OS. The van der Waals surface area contributed by atoms with Crippen molar-refractivity contribution in [2.45, 2.75) is 45.2 Å². The summed E-state index contributed by atoms with van der Waals surface area (Å²) in [6.45, 7) is 3.71. The Kier molecular flexibility index (Phi) is 9.38. The van der Waals surface area contributed by atoms with Crippen molar-refractivity contribution in [3.05, 3.63) is 16.1 Å². The number of carbonyl (C=O) groups is 1. The van der Waals surface area contributed by atoms with Crippen LogP contribution in [0.25, 0.3) is 0 Å². The Balaban J connectivity index is 0.00000180. The van der Waals surface area contributed by atoms with Gasteiger partial charge in [-0.05, 0) is 25.8 Å². The second-order valence-corrected chi connectivity index (χ2v) is 5.97. The quantitative estimate of drug-likeness (QED) is 0.917. The van der Waals surface area contributed by atoms with E-state index in [0.29, 0.717) is 6.54 Å². The first-order valence-corrected chi connectivity index (χ1v) is 7.44. The maximum atomic E-state index is 12.2. The largest absolute Gasteiger partial charge is 0.338 e. The van der Waals surface area contributed by atoms with Crippen LogP contribution in [0.1, 0.15) is 36.1 Å². The molecule has 0 saturated carbocycles. The van der Waals surface area contributed by atoms with Gasteiger partial charge in [0.1, 0.15) is 5.01 Å². The fourth-order valence-electron chi connectivity index (χ4n) is 2.19. The van der Waals surface area contributed by atoms with Crippen LogP contribution in [0.3, 0.4) is 0 Å². The third-order valence-corrected chi connectivity index (χ3v) is 4.43. The summed E-state index contributed by atoms with van der Waals surface area (Å²) in [5.74, 6) is 0.197. The highest BCUT2D eigenvalue weighted by atomic mass is 35.5. The molecule has 0 unspecified atom stereocenters. The van der Waals surface area contributed by atoms with Crippen molar-refractivity contribution in [3.8, 4) is 0 Å². The number of likely N-dealkylation sites (N-methyl/N-ethyl adjacent to an activating group) is 1. The van der Waals surface area contributed by atoms with Gasteiger partial charge in [-0.3, -0.25) is 4.79 Å². The summed E-state index contributed by atoms with van der Waals surface area (Å²) in [6.07, 6.45) is 6.21. The molecule has 1 aliphatic heterocycles. The van der Waals surface area contributed by atoms with Crippen LogP contribution in [0.5, 0.6) is 0 Å². The summed E-state index contributed by atoms with van der Waals surface area (Å²) in [5, 5.41) is 4.32. The number of halogens is 2. The standard InChI is InChI=1S/C13H21N3OS.2ClH/c1-3-10-8-15-12(18-10)9-16(2)13(17)11-6-4-5-7-14-11;;/h8,11,14H,3-7,9H2,1-2H3;2*1H/t11-;;/m1../s1. The summed E-state index contributed by atoms with van der Waals surface area (Å²) in [7, 11) is 1.87. The minimum atomic E-state index is 0. The van der Waals surface area contributed by atoms with Crippen LogP contribution in [-0.2, 0) is 17.8 Å². The molecule has 7 heteroatoms. The third kappa shape index (κ3) is 5.20. The number of piperidine rings is 1. The van der Waals surface area contributed by atoms with Gasteiger partial charge in [-0.15, -0.1) is 36.2 Å². The summed E-state index contributed by atoms with van der Waals surface area (Å²) in [6, 6.07) is 0.00866. The highest BCUT2D eigenvalue weighted by Crippen LogP contribution is 2.16. The van der Waals surface area contributed by atoms with Crippen molar-refractivity contribution in [3.63, 3.8) is 0 Å². The second-order valence-electron chi connectivity index (χ2n) is 4.77. The Morgan fingerprint density at radius 3 is 2.80 bits per heavy atom. The van der Waals surface area contributed by atoms with E-state index in [1.54, 1.807) is 16.2 Å². The molecule has 1 saturated heterocycles. The SMILES string of the molecule is CCc1cnc(CN(C)C(=O)[C@H]2CCCCN2)s1.Cl.Cl. The van der Waals surface area contributed by atoms with Crippen LogP contribution in [0.4, 0.5) is 0 Å². The number of nitrogens with one attached hydrogen (secondary N) is 1. The molecule has 1 aromatic heterocycles. The van der Waals surface area contributed by atoms with Crippen LogP contribution in [-0.4, -0.2) is 35.4 Å². The molecule has 2 heterocycles. The van der Waals surface area contributed by atoms with E-state index in [4.69, 9.17) is 0 Å². The summed E-state index contributed by atoms with van der Waals surface area (Å²) >= 11 is 1.70. The topological polar surface area (TPSA) is 45.2 Å². The van der Waals surface area contributed by atoms with Gasteiger partial charge >= 0.3 is 0 Å². The molecule has 4 nitrogen and oxygen atoms in total. The Labute approximate surface area is 137 Å². The molecule has 0 radical (unpaired) electrons. The Morgan fingerprint density at radius 1 is 1.50 bits per heavy atom. The molecule has 1 atom stereocenters. The zero-order valence-corrected chi connectivity index (χ0v) is 14.4. The lowest BCUT2D eigenvalue weighted by atomic mass is 10.0. The lowest BCUT2D eigenvalue weighted by Gasteiger charge is -2.26. The van der Waals surface area contributed by atoms with E-state index in [0.717, 1.165) is 30.8 Å². The van der Waals surface area contributed by atoms with E-state index < -0.39 is 0 Å². The van der Waals surface area contributed by atoms with Gasteiger partial charge < -0.3 is 10.2 Å². The number of aryl methyl sites for hydroxylation is 1. The van der Waals surface area contributed by atoms with E-state index in [-0.39, 0.29) is 36.8 Å². The Hall–Kier alpha value is -0.360. The Bertz CT molecular complexity index is 408. The van der Waals surface area contributed by atoms with Gasteiger partial charge in [-0.1, -0.05) is 13.3 Å². The maximum Gasteiger partial charge on any atom is 0.239 e. The summed E-state index contributed by atoms with van der Waals surface area (Å²) < 4.78 is 0. The lowest BCUT2D eigenvalue weighted by Crippen LogP contribution is -2.46. The normalized spacial score (nSPS) is 17.8. The number of hydrogen-bond donors (Lipinski definition) is 1. The van der Waals surface area contributed by atoms with Crippen LogP contribution in [0, 0.1) is 0 Å². The van der Waals surface area contributed by atoms with Gasteiger partial charge in [0.2, 0.25) is 5.91 Å². The van der Waals surface area contributed by atoms with Crippen molar-refractivity contribution in [2.24, 2.45) is 0 Å². The van der Waals surface area contributed by atoms with Crippen molar-refractivity contribution in [1.82, 2.24) is 15.2 Å². The molecule has 0 aliphatic carbocycles. The van der Waals surface area contributed by atoms with E-state index in [9.17, 15) is 4.79 Å². The monoisotopic (exact) mass is 339 g/mol. The maximum absolute atomic E-state index is 12.2. The van der Waals surface area contributed by atoms with Crippen LogP contribution < -0.4 is 5.32 Å². The predicted octanol–water partition coefficient (Wildman–Crippen LogP) is 2.65. The molecule has 0 spiro atoms. The molecule has 116 valence electrons. The van der Waals surface area contributed by atoms with Gasteiger partial charge in [0.25, 0.3) is 0 Å². The summed E-state index contributed by atoms with van der Waals surface area (Å²) in [5.41, 5.74) is 0. The van der Waals surface area contributed by atoms with E-state index in [2.05, 4.69) is 17.2 Å². The molecule has 1 N–H and O–H groups in total. The molecule has 1 fully saturated rings. The molecule has 1 aromatic rings. The van der Waals surface area contributed by atoms with Crippen LogP contribution >= 0.6 is 36.2 Å². The lowest BCUT2D eigenvalue weighted by molar-refractivity contribution is -0.133. The second kappa shape index (κ2) is 9.55. The van der Waals surface area contributed by atoms with Crippen molar-refractivity contribution < 1.29 is 4.79 Å².